The van der Waals surface area contributed by atoms with Crippen LogP contribution >= 0.6 is 0 Å². The van der Waals surface area contributed by atoms with Gasteiger partial charge in [0.2, 0.25) is 5.88 Å². The molecule has 1 aromatic carbocycles. The van der Waals surface area contributed by atoms with Crippen molar-refractivity contribution in [1.29, 1.82) is 0 Å². The van der Waals surface area contributed by atoms with E-state index in [4.69, 9.17) is 0 Å². The fourth-order valence-electron chi connectivity index (χ4n) is 1.46. The summed E-state index contributed by atoms with van der Waals surface area (Å²) in [7, 11) is 1.19. The number of methoxy groups -OCH3 is 1. The molecule has 0 aliphatic heterocycles. The second kappa shape index (κ2) is 3.27. The molecule has 0 bridgehead atoms. The smallest absolute Gasteiger partial charge is 0.344 e. The van der Waals surface area contributed by atoms with Gasteiger partial charge in [0.25, 0.3) is 0 Å². The SMILES string of the molecule is COC(=O)c1c(O)[nH]c2ccc(F)cc12. The minimum atomic E-state index is -0.704. The lowest BCUT2D eigenvalue weighted by molar-refractivity contribution is 0.0599. The molecule has 1 heterocycles. The van der Waals surface area contributed by atoms with Crippen LogP contribution < -0.4 is 0 Å². The summed E-state index contributed by atoms with van der Waals surface area (Å²) in [4.78, 5) is 13.9. The first-order valence-electron chi connectivity index (χ1n) is 4.22. The second-order valence-corrected chi connectivity index (χ2v) is 3.03. The number of H-pyrrole nitrogens is 1. The average molecular weight is 209 g/mol. The topological polar surface area (TPSA) is 62.3 Å². The number of halogens is 1. The number of fused-ring (bicyclic) bond motifs is 1. The molecule has 2 rings (SSSR count). The van der Waals surface area contributed by atoms with Gasteiger partial charge in [0.05, 0.1) is 7.11 Å². The highest BCUT2D eigenvalue weighted by Crippen LogP contribution is 2.28. The molecular weight excluding hydrogens is 201 g/mol. The van der Waals surface area contributed by atoms with E-state index in [0.29, 0.717) is 10.9 Å². The molecular formula is C10H8FNO3. The van der Waals surface area contributed by atoms with E-state index in [1.54, 1.807) is 0 Å². The second-order valence-electron chi connectivity index (χ2n) is 3.03. The first-order chi connectivity index (χ1) is 7.13. The van der Waals surface area contributed by atoms with Gasteiger partial charge in [0.1, 0.15) is 11.4 Å². The van der Waals surface area contributed by atoms with Crippen LogP contribution in [0.5, 0.6) is 5.88 Å². The van der Waals surface area contributed by atoms with Gasteiger partial charge in [-0.1, -0.05) is 0 Å². The first-order valence-corrected chi connectivity index (χ1v) is 4.22. The Kier molecular flexibility index (Phi) is 2.07. The van der Waals surface area contributed by atoms with E-state index in [1.807, 2.05) is 0 Å². The average Bonchev–Trinajstić information content (AvgIpc) is 2.52. The fourth-order valence-corrected chi connectivity index (χ4v) is 1.46. The molecule has 1 aromatic heterocycles. The van der Waals surface area contributed by atoms with Crippen molar-refractivity contribution in [2.24, 2.45) is 0 Å². The molecule has 15 heavy (non-hydrogen) atoms. The molecule has 0 amide bonds. The summed E-state index contributed by atoms with van der Waals surface area (Å²) in [6.45, 7) is 0. The lowest BCUT2D eigenvalue weighted by atomic mass is 10.1. The van der Waals surface area contributed by atoms with Crippen LogP contribution in [0.2, 0.25) is 0 Å². The standard InChI is InChI=1S/C10H8FNO3/c1-15-10(14)8-6-4-5(11)2-3-7(6)12-9(8)13/h2-4,12-13H,1H3. The van der Waals surface area contributed by atoms with E-state index < -0.39 is 11.8 Å². The Morgan fingerprint density at radius 2 is 2.27 bits per heavy atom. The van der Waals surface area contributed by atoms with Crippen LogP contribution in [0.4, 0.5) is 4.39 Å². The molecule has 4 nitrogen and oxygen atoms in total. The lowest BCUT2D eigenvalue weighted by Crippen LogP contribution is -2.00. The Balaban J connectivity index is 2.76. The third kappa shape index (κ3) is 1.41. The Labute approximate surface area is 84.3 Å². The highest BCUT2D eigenvalue weighted by Gasteiger charge is 2.18. The quantitative estimate of drug-likeness (QED) is 0.704. The third-order valence-electron chi connectivity index (χ3n) is 2.13. The van der Waals surface area contributed by atoms with Crippen molar-refractivity contribution in [3.05, 3.63) is 29.6 Å². The monoisotopic (exact) mass is 209 g/mol. The van der Waals surface area contributed by atoms with Gasteiger partial charge in [-0.3, -0.25) is 0 Å². The van der Waals surface area contributed by atoms with Crippen LogP contribution in [-0.4, -0.2) is 23.2 Å². The number of aromatic amines is 1. The zero-order valence-electron chi connectivity index (χ0n) is 7.87. The number of hydrogen-bond acceptors (Lipinski definition) is 3. The Bertz CT molecular complexity index is 533. The minimum Gasteiger partial charge on any atom is -0.494 e. The Morgan fingerprint density at radius 3 is 2.93 bits per heavy atom. The largest absolute Gasteiger partial charge is 0.494 e. The van der Waals surface area contributed by atoms with E-state index in [9.17, 15) is 14.3 Å². The summed E-state index contributed by atoms with van der Waals surface area (Å²) in [5.74, 6) is -1.50. The molecule has 2 aromatic rings. The van der Waals surface area contributed by atoms with Crippen molar-refractivity contribution in [3.63, 3.8) is 0 Å². The van der Waals surface area contributed by atoms with Gasteiger partial charge in [0.15, 0.2) is 0 Å². The molecule has 5 heteroatoms. The molecule has 0 radical (unpaired) electrons. The van der Waals surface area contributed by atoms with Crippen molar-refractivity contribution in [2.45, 2.75) is 0 Å². The number of nitrogens with one attached hydrogen (secondary N) is 1. The number of esters is 1. The van der Waals surface area contributed by atoms with E-state index >= 15 is 0 Å². The lowest BCUT2D eigenvalue weighted by Gasteiger charge is -1.97. The number of aromatic hydroxyl groups is 1. The maximum Gasteiger partial charge on any atom is 0.344 e. The molecule has 78 valence electrons. The summed E-state index contributed by atoms with van der Waals surface area (Å²) >= 11 is 0. The van der Waals surface area contributed by atoms with Gasteiger partial charge in [-0.05, 0) is 18.2 Å². The van der Waals surface area contributed by atoms with E-state index in [0.717, 1.165) is 6.07 Å². The van der Waals surface area contributed by atoms with Crippen molar-refractivity contribution >= 4 is 16.9 Å². The predicted molar refractivity (Wildman–Crippen MR) is 51.3 cm³/mol. The number of carbonyl (C=O) groups excluding carboxylic acids is 1. The van der Waals surface area contributed by atoms with Crippen LogP contribution in [0, 0.1) is 5.82 Å². The molecule has 0 saturated carbocycles. The van der Waals surface area contributed by atoms with Gasteiger partial charge in [-0.2, -0.15) is 0 Å². The van der Waals surface area contributed by atoms with Crippen molar-refractivity contribution < 1.29 is 19.0 Å². The maximum atomic E-state index is 12.9. The fraction of sp³-hybridized carbons (Fsp3) is 0.100. The third-order valence-corrected chi connectivity index (χ3v) is 2.13. The summed E-state index contributed by atoms with van der Waals surface area (Å²) in [5.41, 5.74) is 0.432. The molecule has 0 aliphatic rings. The summed E-state index contributed by atoms with van der Waals surface area (Å²) in [5, 5.41) is 9.75. The summed E-state index contributed by atoms with van der Waals surface area (Å²) in [6.07, 6.45) is 0. The number of aromatic nitrogens is 1. The normalized spacial score (nSPS) is 10.5. The number of benzene rings is 1. The number of carbonyl (C=O) groups is 1. The minimum absolute atomic E-state index is 0.0491. The van der Waals surface area contributed by atoms with Gasteiger partial charge in [0, 0.05) is 10.9 Å². The highest BCUT2D eigenvalue weighted by molar-refractivity contribution is 6.06. The van der Waals surface area contributed by atoms with Crippen molar-refractivity contribution in [2.75, 3.05) is 7.11 Å². The Morgan fingerprint density at radius 1 is 1.53 bits per heavy atom. The Hall–Kier alpha value is -2.04. The highest BCUT2D eigenvalue weighted by atomic mass is 19.1. The molecule has 2 N–H and O–H groups in total. The van der Waals surface area contributed by atoms with E-state index in [-0.39, 0.29) is 11.4 Å². The first kappa shape index (κ1) is 9.51. The summed E-state index contributed by atoms with van der Waals surface area (Å²) < 4.78 is 17.4. The van der Waals surface area contributed by atoms with Crippen LogP contribution in [0.1, 0.15) is 10.4 Å². The molecule has 0 aliphatic carbocycles. The van der Waals surface area contributed by atoms with Crippen LogP contribution in [0.3, 0.4) is 0 Å². The predicted octanol–water partition coefficient (Wildman–Crippen LogP) is 1.80. The summed E-state index contributed by atoms with van der Waals surface area (Å²) in [6, 6.07) is 3.84. The van der Waals surface area contributed by atoms with Crippen LogP contribution in [-0.2, 0) is 4.74 Å². The van der Waals surface area contributed by atoms with Gasteiger partial charge >= 0.3 is 5.97 Å². The van der Waals surface area contributed by atoms with Gasteiger partial charge in [-0.15, -0.1) is 0 Å². The van der Waals surface area contributed by atoms with Gasteiger partial charge < -0.3 is 14.8 Å². The van der Waals surface area contributed by atoms with Gasteiger partial charge in [-0.25, -0.2) is 9.18 Å². The van der Waals surface area contributed by atoms with E-state index in [1.165, 1.54) is 19.2 Å². The molecule has 0 fully saturated rings. The maximum absolute atomic E-state index is 12.9. The van der Waals surface area contributed by atoms with Crippen molar-refractivity contribution in [1.82, 2.24) is 4.98 Å². The molecule has 0 saturated heterocycles. The van der Waals surface area contributed by atoms with Crippen molar-refractivity contribution in [3.8, 4) is 5.88 Å². The van der Waals surface area contributed by atoms with Crippen LogP contribution in [0.15, 0.2) is 18.2 Å². The molecule has 0 unspecified atom stereocenters. The number of hydrogen-bond donors (Lipinski definition) is 2. The number of rotatable bonds is 1. The molecule has 0 atom stereocenters. The van der Waals surface area contributed by atoms with E-state index in [2.05, 4.69) is 9.72 Å². The zero-order chi connectivity index (χ0) is 11.0. The van der Waals surface area contributed by atoms with Crippen LogP contribution in [0.25, 0.3) is 10.9 Å². The molecule has 0 spiro atoms. The number of ether oxygens (including phenoxy) is 1. The zero-order valence-corrected chi connectivity index (χ0v) is 7.87.